The molecule has 2 amide bonds. The van der Waals surface area contributed by atoms with Crippen LogP contribution in [0.2, 0.25) is 5.02 Å². The van der Waals surface area contributed by atoms with Crippen molar-refractivity contribution in [2.45, 2.75) is 6.61 Å². The first kappa shape index (κ1) is 21.0. The van der Waals surface area contributed by atoms with E-state index in [2.05, 4.69) is 15.8 Å². The molecule has 0 aliphatic carbocycles. The lowest BCUT2D eigenvalue weighted by Gasteiger charge is -2.08. The number of nitrogens with zero attached hydrogens (tertiary/aromatic N) is 1. The van der Waals surface area contributed by atoms with Gasteiger partial charge in [-0.1, -0.05) is 41.9 Å². The summed E-state index contributed by atoms with van der Waals surface area (Å²) in [6, 6.07) is 19.5. The predicted molar refractivity (Wildman–Crippen MR) is 113 cm³/mol. The van der Waals surface area contributed by atoms with Gasteiger partial charge in [0.2, 0.25) is 0 Å². The maximum absolute atomic E-state index is 12.9. The third-order valence-corrected chi connectivity index (χ3v) is 4.27. The van der Waals surface area contributed by atoms with E-state index in [1.165, 1.54) is 30.5 Å². The van der Waals surface area contributed by atoms with Gasteiger partial charge in [-0.2, -0.15) is 5.10 Å². The minimum atomic E-state index is -0.957. The molecular formula is C22H17ClFN3O3. The van der Waals surface area contributed by atoms with Crippen LogP contribution in [0.15, 0.2) is 77.9 Å². The van der Waals surface area contributed by atoms with Gasteiger partial charge in [0.15, 0.2) is 0 Å². The Morgan fingerprint density at radius 2 is 1.77 bits per heavy atom. The molecular weight excluding hydrogens is 409 g/mol. The van der Waals surface area contributed by atoms with E-state index >= 15 is 0 Å². The van der Waals surface area contributed by atoms with Crippen LogP contribution in [0.5, 0.6) is 5.75 Å². The topological polar surface area (TPSA) is 79.8 Å². The summed E-state index contributed by atoms with van der Waals surface area (Å²) in [7, 11) is 0. The molecule has 152 valence electrons. The monoisotopic (exact) mass is 425 g/mol. The van der Waals surface area contributed by atoms with Crippen molar-refractivity contribution in [1.82, 2.24) is 5.43 Å². The molecule has 3 rings (SSSR count). The first-order valence-corrected chi connectivity index (χ1v) is 9.25. The molecule has 30 heavy (non-hydrogen) atoms. The highest BCUT2D eigenvalue weighted by atomic mass is 35.5. The predicted octanol–water partition coefficient (Wildman–Crippen LogP) is 4.15. The second-order valence-corrected chi connectivity index (χ2v) is 6.52. The van der Waals surface area contributed by atoms with Crippen LogP contribution >= 0.6 is 11.6 Å². The molecule has 0 spiro atoms. The third kappa shape index (κ3) is 6.15. The van der Waals surface area contributed by atoms with Crippen LogP contribution in [-0.4, -0.2) is 18.0 Å². The van der Waals surface area contributed by atoms with E-state index in [1.807, 2.05) is 18.2 Å². The van der Waals surface area contributed by atoms with Crippen molar-refractivity contribution in [3.05, 3.63) is 94.8 Å². The summed E-state index contributed by atoms with van der Waals surface area (Å²) in [5.41, 5.74) is 3.95. The van der Waals surface area contributed by atoms with Crippen molar-refractivity contribution < 1.29 is 18.7 Å². The zero-order valence-corrected chi connectivity index (χ0v) is 16.4. The second kappa shape index (κ2) is 10.2. The third-order valence-electron chi connectivity index (χ3n) is 3.90. The zero-order valence-electron chi connectivity index (χ0n) is 15.6. The van der Waals surface area contributed by atoms with Crippen molar-refractivity contribution in [1.29, 1.82) is 0 Å². The zero-order chi connectivity index (χ0) is 21.3. The van der Waals surface area contributed by atoms with Gasteiger partial charge < -0.3 is 10.1 Å². The number of anilines is 1. The molecule has 0 heterocycles. The summed E-state index contributed by atoms with van der Waals surface area (Å²) in [4.78, 5) is 23.6. The molecule has 0 bridgehead atoms. The average Bonchev–Trinajstić information content (AvgIpc) is 2.75. The Bertz CT molecular complexity index is 1070. The SMILES string of the molecule is O=C(N/N=C/c1cccc(OCc2ccccc2Cl)c1)C(=O)Nc1ccc(F)cc1. The minimum Gasteiger partial charge on any atom is -0.489 e. The Morgan fingerprint density at radius 1 is 1.00 bits per heavy atom. The Labute approximate surface area is 177 Å². The number of carbonyl (C=O) groups excluding carboxylic acids is 2. The number of halogens is 2. The number of ether oxygens (including phenoxy) is 1. The van der Waals surface area contributed by atoms with Crippen molar-refractivity contribution >= 4 is 35.3 Å². The quantitative estimate of drug-likeness (QED) is 0.354. The molecule has 0 fully saturated rings. The van der Waals surface area contributed by atoms with E-state index in [1.54, 1.807) is 30.3 Å². The summed E-state index contributed by atoms with van der Waals surface area (Å²) in [6.45, 7) is 0.306. The number of nitrogens with one attached hydrogen (secondary N) is 2. The standard InChI is InChI=1S/C22H17ClFN3O3/c23-20-7-2-1-5-16(20)14-30-19-6-3-4-15(12-19)13-25-27-22(29)21(28)26-18-10-8-17(24)9-11-18/h1-13H,14H2,(H,26,28)(H,27,29)/b25-13+. The lowest BCUT2D eigenvalue weighted by Crippen LogP contribution is -2.32. The molecule has 3 aromatic rings. The fourth-order valence-electron chi connectivity index (χ4n) is 2.40. The minimum absolute atomic E-state index is 0.295. The Hall–Kier alpha value is -3.71. The van der Waals surface area contributed by atoms with Crippen LogP contribution in [-0.2, 0) is 16.2 Å². The molecule has 8 heteroatoms. The van der Waals surface area contributed by atoms with Gasteiger partial charge in [0, 0.05) is 16.3 Å². The summed E-state index contributed by atoms with van der Waals surface area (Å²) >= 11 is 6.11. The van der Waals surface area contributed by atoms with E-state index in [0.29, 0.717) is 28.6 Å². The smallest absolute Gasteiger partial charge is 0.329 e. The molecule has 6 nitrogen and oxygen atoms in total. The van der Waals surface area contributed by atoms with Crippen molar-refractivity contribution in [2.24, 2.45) is 5.10 Å². The van der Waals surface area contributed by atoms with E-state index in [0.717, 1.165) is 5.56 Å². The van der Waals surface area contributed by atoms with Crippen LogP contribution in [0, 0.1) is 5.82 Å². The number of amides is 2. The Balaban J connectivity index is 1.52. The van der Waals surface area contributed by atoms with E-state index < -0.39 is 17.6 Å². The largest absolute Gasteiger partial charge is 0.489 e. The molecule has 0 atom stereocenters. The van der Waals surface area contributed by atoms with Gasteiger partial charge in [0.05, 0.1) is 6.21 Å². The van der Waals surface area contributed by atoms with Crippen molar-refractivity contribution in [3.63, 3.8) is 0 Å². The van der Waals surface area contributed by atoms with Gasteiger partial charge >= 0.3 is 11.8 Å². The number of rotatable bonds is 6. The molecule has 0 aromatic heterocycles. The number of hydrazone groups is 1. The highest BCUT2D eigenvalue weighted by Crippen LogP contribution is 2.19. The number of benzene rings is 3. The molecule has 0 radical (unpaired) electrons. The van der Waals surface area contributed by atoms with E-state index in [9.17, 15) is 14.0 Å². The van der Waals surface area contributed by atoms with Crippen molar-refractivity contribution in [3.8, 4) is 5.75 Å². The molecule has 0 saturated heterocycles. The first-order chi connectivity index (χ1) is 14.5. The lowest BCUT2D eigenvalue weighted by atomic mass is 10.2. The molecule has 2 N–H and O–H groups in total. The normalized spacial score (nSPS) is 10.6. The second-order valence-electron chi connectivity index (χ2n) is 6.11. The maximum Gasteiger partial charge on any atom is 0.329 e. The molecule has 0 unspecified atom stereocenters. The van der Waals surface area contributed by atoms with E-state index in [4.69, 9.17) is 16.3 Å². The first-order valence-electron chi connectivity index (χ1n) is 8.87. The molecule has 0 aliphatic heterocycles. The number of hydrogen-bond donors (Lipinski definition) is 2. The van der Waals surface area contributed by atoms with Crippen LogP contribution < -0.4 is 15.5 Å². The molecule has 3 aromatic carbocycles. The van der Waals surface area contributed by atoms with E-state index in [-0.39, 0.29) is 0 Å². The molecule has 0 aliphatic rings. The van der Waals surface area contributed by atoms with Crippen LogP contribution in [0.4, 0.5) is 10.1 Å². The number of hydrogen-bond acceptors (Lipinski definition) is 4. The van der Waals surface area contributed by atoms with Gasteiger partial charge in [0.1, 0.15) is 18.2 Å². The van der Waals surface area contributed by atoms with Gasteiger partial charge in [-0.25, -0.2) is 9.82 Å². The van der Waals surface area contributed by atoms with Crippen molar-refractivity contribution in [2.75, 3.05) is 5.32 Å². The summed E-state index contributed by atoms with van der Waals surface area (Å²) in [5, 5.41) is 6.73. The van der Waals surface area contributed by atoms with Gasteiger partial charge in [-0.3, -0.25) is 9.59 Å². The Kier molecular flexibility index (Phi) is 7.13. The summed E-state index contributed by atoms with van der Waals surface area (Å²) < 4.78 is 18.6. The maximum atomic E-state index is 12.9. The summed E-state index contributed by atoms with van der Waals surface area (Å²) in [5.74, 6) is -1.73. The number of carbonyl (C=O) groups is 2. The fourth-order valence-corrected chi connectivity index (χ4v) is 2.59. The summed E-state index contributed by atoms with van der Waals surface area (Å²) in [6.07, 6.45) is 1.38. The lowest BCUT2D eigenvalue weighted by molar-refractivity contribution is -0.136. The molecule has 0 saturated carbocycles. The van der Waals surface area contributed by atoms with Crippen LogP contribution in [0.1, 0.15) is 11.1 Å². The van der Waals surface area contributed by atoms with Gasteiger partial charge in [0.25, 0.3) is 0 Å². The van der Waals surface area contributed by atoms with Gasteiger partial charge in [-0.15, -0.1) is 0 Å². The van der Waals surface area contributed by atoms with Crippen LogP contribution in [0.25, 0.3) is 0 Å². The Morgan fingerprint density at radius 3 is 2.53 bits per heavy atom. The van der Waals surface area contributed by atoms with Crippen LogP contribution in [0.3, 0.4) is 0 Å². The fraction of sp³-hybridized carbons (Fsp3) is 0.0455. The van der Waals surface area contributed by atoms with Gasteiger partial charge in [-0.05, 0) is 48.0 Å². The average molecular weight is 426 g/mol. The highest BCUT2D eigenvalue weighted by molar-refractivity contribution is 6.39. The highest BCUT2D eigenvalue weighted by Gasteiger charge is 2.12.